The van der Waals surface area contributed by atoms with Crippen molar-refractivity contribution in [1.29, 1.82) is 0 Å². The number of hydrogen-bond donors (Lipinski definition) is 2. The molecular formula is C11H17NOS. The number of nitrogens with two attached hydrogens (primary N) is 1. The Labute approximate surface area is 89.5 Å². The van der Waals surface area contributed by atoms with Crippen LogP contribution in [0.3, 0.4) is 0 Å². The molecule has 2 atom stereocenters. The average molecular weight is 211 g/mol. The van der Waals surface area contributed by atoms with Crippen LogP contribution in [0, 0.1) is 5.92 Å². The zero-order chi connectivity index (χ0) is 10.6. The minimum atomic E-state index is -0.448. The third kappa shape index (κ3) is 2.74. The van der Waals surface area contributed by atoms with Gasteiger partial charge in [0, 0.05) is 4.90 Å². The molecule has 3 heteroatoms. The summed E-state index contributed by atoms with van der Waals surface area (Å²) in [6, 6.07) is 7.96. The summed E-state index contributed by atoms with van der Waals surface area (Å²) < 4.78 is 0. The second-order valence-corrected chi connectivity index (χ2v) is 4.31. The Kier molecular flexibility index (Phi) is 4.45. The molecule has 1 aromatic rings. The lowest BCUT2D eigenvalue weighted by molar-refractivity contribution is 0.121. The van der Waals surface area contributed by atoms with Gasteiger partial charge in [-0.15, -0.1) is 11.8 Å². The molecule has 0 aliphatic heterocycles. The number of thioether (sulfide) groups is 1. The molecule has 78 valence electrons. The monoisotopic (exact) mass is 211 g/mol. The van der Waals surface area contributed by atoms with Crippen molar-refractivity contribution >= 4 is 11.8 Å². The second kappa shape index (κ2) is 5.39. The van der Waals surface area contributed by atoms with E-state index in [0.717, 1.165) is 5.56 Å². The summed E-state index contributed by atoms with van der Waals surface area (Å²) in [6.45, 7) is 2.46. The Morgan fingerprint density at radius 2 is 1.93 bits per heavy atom. The summed E-state index contributed by atoms with van der Waals surface area (Å²) in [6.07, 6.45) is 1.59. The van der Waals surface area contributed by atoms with Crippen LogP contribution in [0.25, 0.3) is 0 Å². The van der Waals surface area contributed by atoms with Gasteiger partial charge in [0.1, 0.15) is 0 Å². The lowest BCUT2D eigenvalue weighted by Crippen LogP contribution is -2.18. The van der Waals surface area contributed by atoms with E-state index in [9.17, 15) is 5.11 Å². The zero-order valence-electron chi connectivity index (χ0n) is 8.60. The van der Waals surface area contributed by atoms with E-state index in [1.54, 1.807) is 11.8 Å². The van der Waals surface area contributed by atoms with Crippen molar-refractivity contribution in [1.82, 2.24) is 0 Å². The molecular weight excluding hydrogens is 194 g/mol. The zero-order valence-corrected chi connectivity index (χ0v) is 9.42. The van der Waals surface area contributed by atoms with Crippen molar-refractivity contribution in [2.75, 3.05) is 12.8 Å². The van der Waals surface area contributed by atoms with E-state index in [-0.39, 0.29) is 5.92 Å². The summed E-state index contributed by atoms with van der Waals surface area (Å²) in [7, 11) is 0. The van der Waals surface area contributed by atoms with Gasteiger partial charge in [-0.2, -0.15) is 0 Å². The van der Waals surface area contributed by atoms with Crippen LogP contribution in [0.4, 0.5) is 0 Å². The summed E-state index contributed by atoms with van der Waals surface area (Å²) >= 11 is 1.70. The van der Waals surface area contributed by atoms with Crippen LogP contribution in [0.15, 0.2) is 29.2 Å². The third-order valence-corrected chi connectivity index (χ3v) is 3.11. The Bertz CT molecular complexity index is 273. The van der Waals surface area contributed by atoms with Crippen LogP contribution in [0.5, 0.6) is 0 Å². The van der Waals surface area contributed by atoms with Gasteiger partial charge in [0.05, 0.1) is 6.10 Å². The highest BCUT2D eigenvalue weighted by Gasteiger charge is 2.14. The molecule has 0 saturated heterocycles. The maximum Gasteiger partial charge on any atom is 0.0827 e. The van der Waals surface area contributed by atoms with Crippen molar-refractivity contribution in [3.8, 4) is 0 Å². The van der Waals surface area contributed by atoms with E-state index in [0.29, 0.717) is 6.54 Å². The first-order valence-corrected chi connectivity index (χ1v) is 5.93. The largest absolute Gasteiger partial charge is 0.388 e. The standard InChI is InChI=1S/C11H17NOS/c1-8(7-12)11(13)9-3-5-10(14-2)6-4-9/h3-6,8,11,13H,7,12H2,1-2H3. The number of benzene rings is 1. The van der Waals surface area contributed by atoms with Gasteiger partial charge in [-0.1, -0.05) is 19.1 Å². The first-order chi connectivity index (χ1) is 6.69. The van der Waals surface area contributed by atoms with Crippen molar-refractivity contribution in [2.45, 2.75) is 17.9 Å². The van der Waals surface area contributed by atoms with Gasteiger partial charge in [-0.3, -0.25) is 0 Å². The molecule has 1 rings (SSSR count). The lowest BCUT2D eigenvalue weighted by atomic mass is 9.98. The molecule has 2 unspecified atom stereocenters. The van der Waals surface area contributed by atoms with E-state index in [1.165, 1.54) is 4.90 Å². The van der Waals surface area contributed by atoms with E-state index in [1.807, 2.05) is 37.4 Å². The number of rotatable bonds is 4. The smallest absolute Gasteiger partial charge is 0.0827 e. The minimum absolute atomic E-state index is 0.107. The van der Waals surface area contributed by atoms with Gasteiger partial charge in [-0.25, -0.2) is 0 Å². The Hall–Kier alpha value is -0.510. The topological polar surface area (TPSA) is 46.2 Å². The molecule has 0 aromatic heterocycles. The molecule has 0 amide bonds. The van der Waals surface area contributed by atoms with Crippen molar-refractivity contribution < 1.29 is 5.11 Å². The molecule has 0 fully saturated rings. The predicted octanol–water partition coefficient (Wildman–Crippen LogP) is 2.04. The second-order valence-electron chi connectivity index (χ2n) is 3.43. The molecule has 0 radical (unpaired) electrons. The Morgan fingerprint density at radius 3 is 2.36 bits per heavy atom. The lowest BCUT2D eigenvalue weighted by Gasteiger charge is -2.17. The van der Waals surface area contributed by atoms with Gasteiger partial charge in [0.25, 0.3) is 0 Å². The number of aliphatic hydroxyl groups is 1. The minimum Gasteiger partial charge on any atom is -0.388 e. The molecule has 3 N–H and O–H groups in total. The molecule has 0 aliphatic rings. The maximum absolute atomic E-state index is 9.87. The fourth-order valence-corrected chi connectivity index (χ4v) is 1.67. The van der Waals surface area contributed by atoms with Crippen LogP contribution >= 0.6 is 11.8 Å². The molecule has 0 bridgehead atoms. The fourth-order valence-electron chi connectivity index (χ4n) is 1.26. The quantitative estimate of drug-likeness (QED) is 0.749. The maximum atomic E-state index is 9.87. The van der Waals surface area contributed by atoms with Gasteiger partial charge in [0.2, 0.25) is 0 Å². The van der Waals surface area contributed by atoms with Crippen LogP contribution in [0.1, 0.15) is 18.6 Å². The molecule has 0 aliphatic carbocycles. The Balaban J connectivity index is 2.75. The van der Waals surface area contributed by atoms with Crippen LogP contribution in [-0.2, 0) is 0 Å². The summed E-state index contributed by atoms with van der Waals surface area (Å²) in [5, 5.41) is 9.87. The molecule has 0 spiro atoms. The molecule has 14 heavy (non-hydrogen) atoms. The van der Waals surface area contributed by atoms with Crippen molar-refractivity contribution in [3.05, 3.63) is 29.8 Å². The first kappa shape index (κ1) is 11.6. The first-order valence-electron chi connectivity index (χ1n) is 4.71. The van der Waals surface area contributed by atoms with E-state index in [2.05, 4.69) is 0 Å². The average Bonchev–Trinajstić information content (AvgIpc) is 2.27. The highest BCUT2D eigenvalue weighted by molar-refractivity contribution is 7.98. The summed E-state index contributed by atoms with van der Waals surface area (Å²) in [5.41, 5.74) is 6.45. The SMILES string of the molecule is CSc1ccc(C(O)C(C)CN)cc1. The van der Waals surface area contributed by atoms with Gasteiger partial charge in [0.15, 0.2) is 0 Å². The number of hydrogen-bond acceptors (Lipinski definition) is 3. The molecule has 0 saturated carbocycles. The molecule has 2 nitrogen and oxygen atoms in total. The van der Waals surface area contributed by atoms with E-state index >= 15 is 0 Å². The van der Waals surface area contributed by atoms with E-state index in [4.69, 9.17) is 5.73 Å². The van der Waals surface area contributed by atoms with Crippen molar-refractivity contribution in [3.63, 3.8) is 0 Å². The van der Waals surface area contributed by atoms with Crippen molar-refractivity contribution in [2.24, 2.45) is 11.7 Å². The summed E-state index contributed by atoms with van der Waals surface area (Å²) in [4.78, 5) is 1.21. The highest BCUT2D eigenvalue weighted by atomic mass is 32.2. The predicted molar refractivity (Wildman–Crippen MR) is 61.4 cm³/mol. The Morgan fingerprint density at radius 1 is 1.36 bits per heavy atom. The highest BCUT2D eigenvalue weighted by Crippen LogP contribution is 2.23. The number of aliphatic hydroxyl groups excluding tert-OH is 1. The van der Waals surface area contributed by atoms with E-state index < -0.39 is 6.10 Å². The normalized spacial score (nSPS) is 15.1. The molecule has 0 heterocycles. The van der Waals surface area contributed by atoms with Gasteiger partial charge >= 0.3 is 0 Å². The van der Waals surface area contributed by atoms with Crippen LogP contribution < -0.4 is 5.73 Å². The third-order valence-electron chi connectivity index (χ3n) is 2.37. The molecule has 1 aromatic carbocycles. The van der Waals surface area contributed by atoms with Crippen LogP contribution in [0.2, 0.25) is 0 Å². The van der Waals surface area contributed by atoms with Gasteiger partial charge < -0.3 is 10.8 Å². The van der Waals surface area contributed by atoms with Gasteiger partial charge in [-0.05, 0) is 36.4 Å². The fraction of sp³-hybridized carbons (Fsp3) is 0.455. The van der Waals surface area contributed by atoms with Crippen LogP contribution in [-0.4, -0.2) is 17.9 Å². The summed E-state index contributed by atoms with van der Waals surface area (Å²) in [5.74, 6) is 0.107.